The lowest BCUT2D eigenvalue weighted by Gasteiger charge is -2.28. The summed E-state index contributed by atoms with van der Waals surface area (Å²) in [6, 6.07) is 0. The molecule has 0 aromatic rings. The molecule has 0 spiro atoms. The number of hydrogen-bond acceptors (Lipinski definition) is 8. The van der Waals surface area contributed by atoms with E-state index in [1.807, 2.05) is 21.1 Å². The molecule has 10 heteroatoms. The number of ether oxygens (including phenoxy) is 2. The van der Waals surface area contributed by atoms with Crippen LogP contribution in [0.3, 0.4) is 0 Å². The molecular formula is C74H128NO8P. The van der Waals surface area contributed by atoms with Gasteiger partial charge in [-0.25, -0.2) is 0 Å². The van der Waals surface area contributed by atoms with Crippen LogP contribution in [0.5, 0.6) is 0 Å². The van der Waals surface area contributed by atoms with Crippen LogP contribution < -0.4 is 4.89 Å². The highest BCUT2D eigenvalue weighted by Crippen LogP contribution is 2.38. The second kappa shape index (κ2) is 63.9. The highest BCUT2D eigenvalue weighted by molar-refractivity contribution is 7.45. The third-order valence-corrected chi connectivity index (χ3v) is 15.4. The molecule has 0 rings (SSSR count). The summed E-state index contributed by atoms with van der Waals surface area (Å²) in [5.74, 6) is -0.862. The maximum atomic E-state index is 12.8. The number of rotatable bonds is 62. The van der Waals surface area contributed by atoms with E-state index in [9.17, 15) is 19.0 Å². The first kappa shape index (κ1) is 80.4. The van der Waals surface area contributed by atoms with E-state index in [0.29, 0.717) is 17.4 Å². The van der Waals surface area contributed by atoms with Gasteiger partial charge in [0, 0.05) is 12.8 Å². The van der Waals surface area contributed by atoms with Gasteiger partial charge in [0.05, 0.1) is 27.7 Å². The minimum Gasteiger partial charge on any atom is -0.756 e. The van der Waals surface area contributed by atoms with E-state index in [2.05, 4.69) is 135 Å². The summed E-state index contributed by atoms with van der Waals surface area (Å²) in [4.78, 5) is 38.0. The number of carbonyl (C=O) groups excluding carboxylic acids is 2. The van der Waals surface area contributed by atoms with Crippen molar-refractivity contribution < 1.29 is 42.1 Å². The van der Waals surface area contributed by atoms with Gasteiger partial charge in [-0.15, -0.1) is 0 Å². The summed E-state index contributed by atoms with van der Waals surface area (Å²) < 4.78 is 34.3. The van der Waals surface area contributed by atoms with Gasteiger partial charge < -0.3 is 27.9 Å². The molecule has 0 heterocycles. The molecule has 0 amide bonds. The third kappa shape index (κ3) is 67.5. The zero-order chi connectivity index (χ0) is 61.2. The molecule has 0 aromatic heterocycles. The van der Waals surface area contributed by atoms with Gasteiger partial charge in [0.1, 0.15) is 19.8 Å². The summed E-state index contributed by atoms with van der Waals surface area (Å²) >= 11 is 0. The molecule has 482 valence electrons. The average molecular weight is 1190 g/mol. The fourth-order valence-corrected chi connectivity index (χ4v) is 9.96. The van der Waals surface area contributed by atoms with E-state index >= 15 is 0 Å². The molecular weight excluding hydrogens is 1060 g/mol. The monoisotopic (exact) mass is 1190 g/mol. The number of nitrogens with zero attached hydrogens (tertiary/aromatic N) is 1. The lowest BCUT2D eigenvalue weighted by atomic mass is 10.0. The Morgan fingerprint density at radius 1 is 0.381 bits per heavy atom. The van der Waals surface area contributed by atoms with Gasteiger partial charge >= 0.3 is 11.9 Å². The fourth-order valence-electron chi connectivity index (χ4n) is 9.23. The Balaban J connectivity index is 4.13. The van der Waals surface area contributed by atoms with Crippen LogP contribution in [-0.2, 0) is 32.7 Å². The van der Waals surface area contributed by atoms with Crippen molar-refractivity contribution in [1.29, 1.82) is 0 Å². The maximum absolute atomic E-state index is 12.8. The maximum Gasteiger partial charge on any atom is 0.306 e. The van der Waals surface area contributed by atoms with E-state index in [1.165, 1.54) is 148 Å². The first-order chi connectivity index (χ1) is 41.0. The SMILES string of the molecule is CC/C=C\C/C=C\C/C=C\C/C=C\C/C=C\C/C=C\C/C=C\C/C=C\CCCCCCC(=O)OC(COC(=O)CCCCCCCCCCCCCCCCCCCCC/C=C\C/C=C\CCCCCCC)COP(=O)([O-])OCC[N+](C)(C)C. The van der Waals surface area contributed by atoms with E-state index in [0.717, 1.165) is 103 Å². The Morgan fingerprint density at radius 3 is 1.01 bits per heavy atom. The molecule has 0 N–H and O–H groups in total. The Labute approximate surface area is 518 Å². The van der Waals surface area contributed by atoms with Gasteiger partial charge in [0.2, 0.25) is 0 Å². The van der Waals surface area contributed by atoms with Crippen LogP contribution >= 0.6 is 7.82 Å². The fraction of sp³-hybridized carbons (Fsp3) is 0.703. The van der Waals surface area contributed by atoms with Gasteiger partial charge in [-0.3, -0.25) is 14.2 Å². The van der Waals surface area contributed by atoms with Gasteiger partial charge in [-0.2, -0.15) is 0 Å². The van der Waals surface area contributed by atoms with Crippen LogP contribution in [0.15, 0.2) is 122 Å². The number of phosphoric ester groups is 1. The molecule has 9 nitrogen and oxygen atoms in total. The van der Waals surface area contributed by atoms with Crippen LogP contribution in [0.1, 0.15) is 284 Å². The van der Waals surface area contributed by atoms with E-state index in [4.69, 9.17) is 18.5 Å². The van der Waals surface area contributed by atoms with Crippen molar-refractivity contribution in [1.82, 2.24) is 0 Å². The molecule has 0 aliphatic heterocycles. The Bertz CT molecular complexity index is 1830. The number of carbonyl (C=O) groups is 2. The lowest BCUT2D eigenvalue weighted by Crippen LogP contribution is -2.37. The summed E-state index contributed by atoms with van der Waals surface area (Å²) in [6.45, 7) is 4.10. The lowest BCUT2D eigenvalue weighted by molar-refractivity contribution is -0.870. The van der Waals surface area contributed by atoms with Crippen molar-refractivity contribution in [2.75, 3.05) is 47.5 Å². The highest BCUT2D eigenvalue weighted by Gasteiger charge is 2.22. The molecule has 0 aliphatic rings. The normalized spacial score (nSPS) is 13.9. The van der Waals surface area contributed by atoms with E-state index in [1.54, 1.807) is 0 Å². The van der Waals surface area contributed by atoms with Crippen molar-refractivity contribution in [3.05, 3.63) is 122 Å². The topological polar surface area (TPSA) is 111 Å². The Morgan fingerprint density at radius 2 is 0.679 bits per heavy atom. The molecule has 0 fully saturated rings. The number of phosphoric acid groups is 1. The summed E-state index contributed by atoms with van der Waals surface area (Å²) in [5, 5.41) is 0. The number of likely N-dealkylation sites (N-methyl/N-ethyl adjacent to an activating group) is 1. The van der Waals surface area contributed by atoms with Crippen LogP contribution in [-0.4, -0.2) is 70.0 Å². The second-order valence-electron chi connectivity index (χ2n) is 23.8. The van der Waals surface area contributed by atoms with Crippen LogP contribution in [0, 0.1) is 0 Å². The third-order valence-electron chi connectivity index (χ3n) is 14.5. The van der Waals surface area contributed by atoms with Crippen LogP contribution in [0.25, 0.3) is 0 Å². The number of hydrogen-bond donors (Lipinski definition) is 0. The molecule has 0 bridgehead atoms. The first-order valence-electron chi connectivity index (χ1n) is 34.2. The molecule has 0 radical (unpaired) electrons. The molecule has 0 aliphatic carbocycles. The predicted molar refractivity (Wildman–Crippen MR) is 360 cm³/mol. The first-order valence-corrected chi connectivity index (χ1v) is 35.7. The Hall–Kier alpha value is -3.59. The molecule has 0 saturated carbocycles. The van der Waals surface area contributed by atoms with Crippen molar-refractivity contribution in [2.24, 2.45) is 0 Å². The van der Waals surface area contributed by atoms with Gasteiger partial charge in [0.15, 0.2) is 6.10 Å². The average Bonchev–Trinajstić information content (AvgIpc) is 3.61. The quantitative estimate of drug-likeness (QED) is 0.0195. The van der Waals surface area contributed by atoms with Crippen LogP contribution in [0.4, 0.5) is 0 Å². The molecule has 0 aromatic carbocycles. The predicted octanol–water partition coefficient (Wildman–Crippen LogP) is 21.6. The highest BCUT2D eigenvalue weighted by atomic mass is 31.2. The number of allylic oxidation sites excluding steroid dienone is 20. The Kier molecular flexibility index (Phi) is 61.2. The molecule has 2 unspecified atom stereocenters. The van der Waals surface area contributed by atoms with Gasteiger partial charge in [-0.1, -0.05) is 283 Å². The van der Waals surface area contributed by atoms with Crippen molar-refractivity contribution in [3.63, 3.8) is 0 Å². The van der Waals surface area contributed by atoms with Crippen molar-refractivity contribution in [3.8, 4) is 0 Å². The van der Waals surface area contributed by atoms with Gasteiger partial charge in [-0.05, 0) is 109 Å². The summed E-state index contributed by atoms with van der Waals surface area (Å²) in [6.07, 6.45) is 91.3. The molecule has 84 heavy (non-hydrogen) atoms. The minimum atomic E-state index is -4.66. The largest absolute Gasteiger partial charge is 0.756 e. The van der Waals surface area contributed by atoms with E-state index in [-0.39, 0.29) is 26.1 Å². The summed E-state index contributed by atoms with van der Waals surface area (Å²) in [5.41, 5.74) is 0. The molecule has 2 atom stereocenters. The van der Waals surface area contributed by atoms with Gasteiger partial charge in [0.25, 0.3) is 7.82 Å². The zero-order valence-electron chi connectivity index (χ0n) is 54.8. The van der Waals surface area contributed by atoms with Crippen LogP contribution in [0.2, 0.25) is 0 Å². The molecule has 0 saturated heterocycles. The number of unbranched alkanes of at least 4 members (excludes halogenated alkanes) is 28. The number of quaternary nitrogens is 1. The van der Waals surface area contributed by atoms with E-state index < -0.39 is 32.5 Å². The second-order valence-corrected chi connectivity index (χ2v) is 25.2. The summed E-state index contributed by atoms with van der Waals surface area (Å²) in [7, 11) is 1.14. The number of esters is 2. The zero-order valence-corrected chi connectivity index (χ0v) is 55.7. The van der Waals surface area contributed by atoms with Crippen molar-refractivity contribution >= 4 is 19.8 Å². The smallest absolute Gasteiger partial charge is 0.306 e. The van der Waals surface area contributed by atoms with Crippen molar-refractivity contribution in [2.45, 2.75) is 290 Å². The minimum absolute atomic E-state index is 0.0415. The standard InChI is InChI=1S/C74H128NO8P/c1-6-8-10-12-14-16-18-20-22-24-26-28-30-32-34-36-37-39-40-42-44-46-48-50-52-54-56-58-60-62-64-66-73(76)80-70-72(71-82-84(78,79)81-69-68-75(3,4)5)83-74(77)67-65-63-61-59-57-55-53-51-49-47-45-43-41-38-35-33-31-29-27-25-23-21-19-17-15-13-11-9-7-2/h9,11,15,17-18,20-21,23-24,26-27,29,33,35,41,43,47,49,53,55,72H,6-8,10,12-14,16,19,22,25,28,30-32,34,36-40,42,44-46,48,50-52,54,56-71H2,1-5H3/b11-9-,17-15-,20-18-,23-21-,26-24-,29-27-,35-33-,43-41-,49-47-,55-53-.